The molecule has 4 aliphatic rings. The van der Waals surface area contributed by atoms with Crippen molar-refractivity contribution in [2.24, 2.45) is 28.6 Å². The van der Waals surface area contributed by atoms with Crippen LogP contribution in [0.1, 0.15) is 71.6 Å². The topological polar surface area (TPSA) is 17.1 Å². The minimum atomic E-state index is 0.0111. The van der Waals surface area contributed by atoms with E-state index in [1.165, 1.54) is 37.1 Å². The molecule has 0 aliphatic heterocycles. The standard InChI is InChI=1S/C19H27ClO/c1-18-10-3-4-16(20)15(18)6-5-12-13-7-8-17(21)19(13,2)11-9-14(12)18/h12-14H,3-11H2,1-2H3/t12-,13-,14-,18+,19-/m0/s1. The van der Waals surface area contributed by atoms with E-state index < -0.39 is 0 Å². The molecule has 21 heavy (non-hydrogen) atoms. The van der Waals surface area contributed by atoms with Crippen molar-refractivity contribution in [3.05, 3.63) is 10.6 Å². The molecule has 3 saturated carbocycles. The monoisotopic (exact) mass is 306 g/mol. The number of allylic oxidation sites excluding steroid dienone is 2. The van der Waals surface area contributed by atoms with Crippen LogP contribution in [0.25, 0.3) is 0 Å². The molecular weight excluding hydrogens is 280 g/mol. The molecule has 116 valence electrons. The highest BCUT2D eigenvalue weighted by Gasteiger charge is 2.58. The van der Waals surface area contributed by atoms with E-state index in [1.54, 1.807) is 5.57 Å². The van der Waals surface area contributed by atoms with Gasteiger partial charge in [0.05, 0.1) is 0 Å². The summed E-state index contributed by atoms with van der Waals surface area (Å²) in [5, 5.41) is 1.18. The van der Waals surface area contributed by atoms with E-state index in [-0.39, 0.29) is 5.41 Å². The molecular formula is C19H27ClO. The molecule has 2 heteroatoms. The zero-order chi connectivity index (χ0) is 14.8. The summed E-state index contributed by atoms with van der Waals surface area (Å²) in [4.78, 5) is 12.4. The second-order valence-corrected chi connectivity index (χ2v) is 8.94. The van der Waals surface area contributed by atoms with Crippen molar-refractivity contribution in [3.8, 4) is 0 Å². The second-order valence-electron chi connectivity index (χ2n) is 8.49. The van der Waals surface area contributed by atoms with Gasteiger partial charge in [-0.2, -0.15) is 0 Å². The van der Waals surface area contributed by atoms with E-state index in [0.29, 0.717) is 17.1 Å². The van der Waals surface area contributed by atoms with Crippen LogP contribution in [0.2, 0.25) is 0 Å². The van der Waals surface area contributed by atoms with Gasteiger partial charge < -0.3 is 0 Å². The van der Waals surface area contributed by atoms with Crippen molar-refractivity contribution < 1.29 is 4.79 Å². The molecule has 4 aliphatic carbocycles. The van der Waals surface area contributed by atoms with Gasteiger partial charge in [0.15, 0.2) is 0 Å². The quantitative estimate of drug-likeness (QED) is 0.579. The number of halogens is 1. The number of rotatable bonds is 0. The van der Waals surface area contributed by atoms with Gasteiger partial charge in [0.25, 0.3) is 0 Å². The van der Waals surface area contributed by atoms with Gasteiger partial charge in [-0.3, -0.25) is 4.79 Å². The molecule has 0 heterocycles. The van der Waals surface area contributed by atoms with Crippen LogP contribution in [0.15, 0.2) is 10.6 Å². The Labute approximate surface area is 133 Å². The van der Waals surface area contributed by atoms with Crippen LogP contribution >= 0.6 is 11.6 Å². The fourth-order valence-electron chi connectivity index (χ4n) is 6.62. The lowest BCUT2D eigenvalue weighted by molar-refractivity contribution is -0.132. The summed E-state index contributed by atoms with van der Waals surface area (Å²) in [5.74, 6) is 2.76. The van der Waals surface area contributed by atoms with Crippen molar-refractivity contribution >= 4 is 17.4 Å². The van der Waals surface area contributed by atoms with Crippen LogP contribution in [0, 0.1) is 28.6 Å². The van der Waals surface area contributed by atoms with E-state index in [9.17, 15) is 4.79 Å². The second kappa shape index (κ2) is 4.60. The average molecular weight is 307 g/mol. The molecule has 0 radical (unpaired) electrons. The van der Waals surface area contributed by atoms with E-state index in [0.717, 1.165) is 37.5 Å². The Morgan fingerprint density at radius 1 is 0.952 bits per heavy atom. The third-order valence-corrected chi connectivity index (χ3v) is 8.22. The van der Waals surface area contributed by atoms with Crippen molar-refractivity contribution in [2.45, 2.75) is 71.6 Å². The molecule has 0 N–H and O–H groups in total. The predicted octanol–water partition coefficient (Wildman–Crippen LogP) is 5.47. The molecule has 0 aromatic carbocycles. The highest BCUT2D eigenvalue weighted by molar-refractivity contribution is 6.30. The lowest BCUT2D eigenvalue weighted by Crippen LogP contribution is -2.50. The van der Waals surface area contributed by atoms with Crippen LogP contribution in [0.5, 0.6) is 0 Å². The smallest absolute Gasteiger partial charge is 0.139 e. The SMILES string of the molecule is C[C@]12CCCC(Cl)=C1CC[C@@H]1[C@@H]2CC[C@]2(C)C(=O)CC[C@@H]12. The number of Topliss-reactive ketones (excluding diaryl/α,β-unsaturated/α-hetero) is 1. The Balaban J connectivity index is 1.72. The minimum absolute atomic E-state index is 0.0111. The Kier molecular flexibility index (Phi) is 3.13. The third-order valence-electron chi connectivity index (χ3n) is 7.80. The van der Waals surface area contributed by atoms with E-state index in [2.05, 4.69) is 13.8 Å². The van der Waals surface area contributed by atoms with Gasteiger partial charge in [-0.1, -0.05) is 25.4 Å². The van der Waals surface area contributed by atoms with Crippen LogP contribution in [-0.4, -0.2) is 5.78 Å². The van der Waals surface area contributed by atoms with Crippen molar-refractivity contribution in [1.82, 2.24) is 0 Å². The maximum absolute atomic E-state index is 12.4. The summed E-state index contributed by atoms with van der Waals surface area (Å²) < 4.78 is 0. The van der Waals surface area contributed by atoms with Gasteiger partial charge in [0.2, 0.25) is 0 Å². The molecule has 4 rings (SSSR count). The largest absolute Gasteiger partial charge is 0.299 e. The molecule has 0 unspecified atom stereocenters. The predicted molar refractivity (Wildman–Crippen MR) is 86.1 cm³/mol. The zero-order valence-corrected chi connectivity index (χ0v) is 14.1. The summed E-state index contributed by atoms with van der Waals surface area (Å²) in [6, 6.07) is 0. The van der Waals surface area contributed by atoms with Crippen molar-refractivity contribution in [3.63, 3.8) is 0 Å². The van der Waals surface area contributed by atoms with Gasteiger partial charge in [-0.05, 0) is 80.1 Å². The molecule has 0 aromatic rings. The summed E-state index contributed by atoms with van der Waals surface area (Å²) >= 11 is 6.60. The minimum Gasteiger partial charge on any atom is -0.299 e. The first-order valence-electron chi connectivity index (χ1n) is 8.88. The average Bonchev–Trinajstić information content (AvgIpc) is 2.75. The summed E-state index contributed by atoms with van der Waals surface area (Å²) in [7, 11) is 0. The molecule has 0 bridgehead atoms. The number of carbonyl (C=O) groups excluding carboxylic acids is 1. The Bertz CT molecular complexity index is 522. The van der Waals surface area contributed by atoms with Crippen LogP contribution in [0.4, 0.5) is 0 Å². The zero-order valence-electron chi connectivity index (χ0n) is 13.4. The Morgan fingerprint density at radius 3 is 2.52 bits per heavy atom. The summed E-state index contributed by atoms with van der Waals surface area (Å²) in [5.41, 5.74) is 1.94. The lowest BCUT2D eigenvalue weighted by Gasteiger charge is -2.57. The number of carbonyl (C=O) groups is 1. The van der Waals surface area contributed by atoms with Gasteiger partial charge >= 0.3 is 0 Å². The molecule has 3 fully saturated rings. The molecule has 0 aromatic heterocycles. The first-order valence-corrected chi connectivity index (χ1v) is 9.26. The van der Waals surface area contributed by atoms with Crippen molar-refractivity contribution in [1.29, 1.82) is 0 Å². The maximum atomic E-state index is 12.4. The van der Waals surface area contributed by atoms with Gasteiger partial charge in [-0.25, -0.2) is 0 Å². The number of hydrogen-bond donors (Lipinski definition) is 0. The molecule has 5 atom stereocenters. The first-order chi connectivity index (χ1) is 9.97. The molecule has 1 nitrogen and oxygen atoms in total. The van der Waals surface area contributed by atoms with Gasteiger partial charge in [0, 0.05) is 16.9 Å². The number of hydrogen-bond acceptors (Lipinski definition) is 1. The van der Waals surface area contributed by atoms with E-state index in [1.807, 2.05) is 0 Å². The molecule has 0 saturated heterocycles. The molecule has 0 spiro atoms. The van der Waals surface area contributed by atoms with Gasteiger partial charge in [-0.15, -0.1) is 0 Å². The Hall–Kier alpha value is -0.300. The van der Waals surface area contributed by atoms with E-state index in [4.69, 9.17) is 11.6 Å². The molecule has 0 amide bonds. The number of fused-ring (bicyclic) bond motifs is 5. The number of ketones is 1. The normalized spacial score (nSPS) is 49.7. The van der Waals surface area contributed by atoms with Crippen LogP contribution < -0.4 is 0 Å². The Morgan fingerprint density at radius 2 is 1.71 bits per heavy atom. The summed E-state index contributed by atoms with van der Waals surface area (Å²) in [6.07, 6.45) is 10.5. The van der Waals surface area contributed by atoms with Gasteiger partial charge in [0.1, 0.15) is 5.78 Å². The van der Waals surface area contributed by atoms with Crippen molar-refractivity contribution in [2.75, 3.05) is 0 Å². The van der Waals surface area contributed by atoms with E-state index >= 15 is 0 Å². The van der Waals surface area contributed by atoms with Crippen LogP contribution in [-0.2, 0) is 4.79 Å². The summed E-state index contributed by atoms with van der Waals surface area (Å²) in [6.45, 7) is 4.75. The van der Waals surface area contributed by atoms with Crippen LogP contribution in [0.3, 0.4) is 0 Å². The third kappa shape index (κ3) is 1.79. The lowest BCUT2D eigenvalue weighted by atomic mass is 9.47. The highest BCUT2D eigenvalue weighted by atomic mass is 35.5. The highest BCUT2D eigenvalue weighted by Crippen LogP contribution is 2.65. The fourth-order valence-corrected chi connectivity index (χ4v) is 7.06. The maximum Gasteiger partial charge on any atom is 0.139 e. The first kappa shape index (κ1) is 14.3. The fraction of sp³-hybridized carbons (Fsp3) is 0.842.